The van der Waals surface area contributed by atoms with Gasteiger partial charge in [-0.2, -0.15) is 0 Å². The molecule has 0 aliphatic carbocycles. The standard InChI is InChI=1S/C18H18FN3O2/c1-3-21(14-10-8-13(19)9-11-14)17(23)12-22-16-7-5-4-6-15(16)20(2)18(22)24/h4-11H,3,12H2,1-2H3. The molecule has 1 amide bonds. The van der Waals surface area contributed by atoms with Crippen molar-refractivity contribution in [3.63, 3.8) is 0 Å². The van der Waals surface area contributed by atoms with E-state index in [4.69, 9.17) is 0 Å². The highest BCUT2D eigenvalue weighted by molar-refractivity contribution is 5.94. The monoisotopic (exact) mass is 327 g/mol. The smallest absolute Gasteiger partial charge is 0.311 e. The topological polar surface area (TPSA) is 47.2 Å². The summed E-state index contributed by atoms with van der Waals surface area (Å²) in [5.74, 6) is -0.574. The van der Waals surface area contributed by atoms with Gasteiger partial charge in [0.1, 0.15) is 12.4 Å². The van der Waals surface area contributed by atoms with Gasteiger partial charge in [-0.1, -0.05) is 12.1 Å². The molecule has 1 heterocycles. The molecule has 3 aromatic rings. The third-order valence-corrected chi connectivity index (χ3v) is 4.10. The first kappa shape index (κ1) is 16.0. The SMILES string of the molecule is CCN(C(=O)Cn1c(=O)n(C)c2ccccc21)c1ccc(F)cc1. The Morgan fingerprint density at radius 3 is 2.33 bits per heavy atom. The molecule has 124 valence electrons. The van der Waals surface area contributed by atoms with E-state index in [2.05, 4.69) is 0 Å². The summed E-state index contributed by atoms with van der Waals surface area (Å²) in [6.07, 6.45) is 0. The van der Waals surface area contributed by atoms with Crippen LogP contribution in [0.2, 0.25) is 0 Å². The number of nitrogens with zero attached hydrogens (tertiary/aromatic N) is 3. The van der Waals surface area contributed by atoms with E-state index >= 15 is 0 Å². The van der Waals surface area contributed by atoms with Crippen LogP contribution in [0.25, 0.3) is 11.0 Å². The van der Waals surface area contributed by atoms with Crippen LogP contribution < -0.4 is 10.6 Å². The number of hydrogen-bond donors (Lipinski definition) is 0. The minimum Gasteiger partial charge on any atom is -0.311 e. The molecule has 0 fully saturated rings. The molecule has 0 aliphatic rings. The van der Waals surface area contributed by atoms with E-state index in [-0.39, 0.29) is 24.0 Å². The molecule has 0 saturated carbocycles. The Bertz CT molecular complexity index is 941. The fourth-order valence-electron chi connectivity index (χ4n) is 2.86. The van der Waals surface area contributed by atoms with Gasteiger partial charge < -0.3 is 4.90 Å². The average molecular weight is 327 g/mol. The molecule has 24 heavy (non-hydrogen) atoms. The fraction of sp³-hybridized carbons (Fsp3) is 0.222. The molecule has 0 N–H and O–H groups in total. The molecule has 5 nitrogen and oxygen atoms in total. The maximum Gasteiger partial charge on any atom is 0.329 e. The van der Waals surface area contributed by atoms with Crippen LogP contribution in [0.3, 0.4) is 0 Å². The van der Waals surface area contributed by atoms with Gasteiger partial charge >= 0.3 is 5.69 Å². The molecule has 0 radical (unpaired) electrons. The molecule has 0 atom stereocenters. The van der Waals surface area contributed by atoms with Crippen LogP contribution in [0.1, 0.15) is 6.92 Å². The highest BCUT2D eigenvalue weighted by Gasteiger charge is 2.18. The number of halogens is 1. The van der Waals surface area contributed by atoms with Crippen molar-refractivity contribution in [1.29, 1.82) is 0 Å². The second-order valence-electron chi connectivity index (χ2n) is 5.53. The number of carbonyl (C=O) groups is 1. The number of fused-ring (bicyclic) bond motifs is 1. The van der Waals surface area contributed by atoms with E-state index in [1.54, 1.807) is 19.2 Å². The van der Waals surface area contributed by atoms with Gasteiger partial charge in [-0.15, -0.1) is 0 Å². The maximum atomic E-state index is 13.1. The van der Waals surface area contributed by atoms with Gasteiger partial charge in [0.2, 0.25) is 5.91 Å². The second kappa shape index (κ2) is 6.31. The van der Waals surface area contributed by atoms with Crippen molar-refractivity contribution >= 4 is 22.6 Å². The number of para-hydroxylation sites is 2. The Labute approximate surface area is 138 Å². The Balaban J connectivity index is 1.96. The highest BCUT2D eigenvalue weighted by atomic mass is 19.1. The number of likely N-dealkylation sites (N-methyl/N-ethyl adjacent to an activating group) is 1. The van der Waals surface area contributed by atoms with Gasteiger partial charge in [-0.3, -0.25) is 13.9 Å². The molecule has 3 rings (SSSR count). The lowest BCUT2D eigenvalue weighted by molar-refractivity contribution is -0.119. The predicted molar refractivity (Wildman–Crippen MR) is 91.6 cm³/mol. The number of rotatable bonds is 4. The van der Waals surface area contributed by atoms with E-state index in [1.165, 1.54) is 26.2 Å². The maximum absolute atomic E-state index is 13.1. The molecule has 2 aromatic carbocycles. The Kier molecular flexibility index (Phi) is 4.20. The van der Waals surface area contributed by atoms with Gasteiger partial charge in [0, 0.05) is 19.3 Å². The van der Waals surface area contributed by atoms with Gasteiger partial charge in [-0.05, 0) is 43.3 Å². The van der Waals surface area contributed by atoms with Crippen molar-refractivity contribution in [2.24, 2.45) is 7.05 Å². The number of amides is 1. The zero-order valence-corrected chi connectivity index (χ0v) is 13.6. The summed E-state index contributed by atoms with van der Waals surface area (Å²) in [6, 6.07) is 13.1. The second-order valence-corrected chi connectivity index (χ2v) is 5.53. The van der Waals surface area contributed by atoms with Gasteiger partial charge in [0.25, 0.3) is 0 Å². The molecule has 0 bridgehead atoms. The first-order valence-corrected chi connectivity index (χ1v) is 7.73. The van der Waals surface area contributed by atoms with Crippen molar-refractivity contribution in [3.8, 4) is 0 Å². The summed E-state index contributed by atoms with van der Waals surface area (Å²) >= 11 is 0. The van der Waals surface area contributed by atoms with Crippen LogP contribution in [0.5, 0.6) is 0 Å². The largest absolute Gasteiger partial charge is 0.329 e. The summed E-state index contributed by atoms with van der Waals surface area (Å²) in [5, 5.41) is 0. The van der Waals surface area contributed by atoms with E-state index in [0.29, 0.717) is 17.7 Å². The number of imidazole rings is 1. The Hall–Kier alpha value is -2.89. The molecular weight excluding hydrogens is 309 g/mol. The summed E-state index contributed by atoms with van der Waals surface area (Å²) in [4.78, 5) is 26.7. The quantitative estimate of drug-likeness (QED) is 0.739. The molecule has 0 aliphatic heterocycles. The van der Waals surface area contributed by atoms with Crippen LogP contribution in [-0.2, 0) is 18.4 Å². The van der Waals surface area contributed by atoms with Crippen molar-refractivity contribution < 1.29 is 9.18 Å². The van der Waals surface area contributed by atoms with E-state index in [1.807, 2.05) is 31.2 Å². The van der Waals surface area contributed by atoms with Gasteiger partial charge in [0.05, 0.1) is 11.0 Å². The zero-order valence-electron chi connectivity index (χ0n) is 13.6. The Morgan fingerprint density at radius 1 is 1.08 bits per heavy atom. The van der Waals surface area contributed by atoms with Gasteiger partial charge in [-0.25, -0.2) is 9.18 Å². The summed E-state index contributed by atoms with van der Waals surface area (Å²) in [7, 11) is 1.68. The molecule has 0 spiro atoms. The fourth-order valence-corrected chi connectivity index (χ4v) is 2.86. The first-order valence-electron chi connectivity index (χ1n) is 7.73. The molecule has 6 heteroatoms. The number of aryl methyl sites for hydroxylation is 1. The predicted octanol–water partition coefficient (Wildman–Crippen LogP) is 2.53. The molecular formula is C18H18FN3O2. The lowest BCUT2D eigenvalue weighted by Gasteiger charge is -2.21. The van der Waals surface area contributed by atoms with Crippen molar-refractivity contribution in [2.75, 3.05) is 11.4 Å². The zero-order chi connectivity index (χ0) is 17.3. The van der Waals surface area contributed by atoms with Crippen LogP contribution in [-0.4, -0.2) is 21.6 Å². The number of aromatic nitrogens is 2. The Morgan fingerprint density at radius 2 is 1.71 bits per heavy atom. The van der Waals surface area contributed by atoms with Crippen molar-refractivity contribution in [2.45, 2.75) is 13.5 Å². The lowest BCUT2D eigenvalue weighted by Crippen LogP contribution is -2.36. The van der Waals surface area contributed by atoms with Crippen LogP contribution in [0, 0.1) is 5.82 Å². The van der Waals surface area contributed by atoms with E-state index in [0.717, 1.165) is 5.52 Å². The average Bonchev–Trinajstić information content (AvgIpc) is 2.83. The number of anilines is 1. The van der Waals surface area contributed by atoms with Gasteiger partial charge in [0.15, 0.2) is 0 Å². The highest BCUT2D eigenvalue weighted by Crippen LogP contribution is 2.17. The number of hydrogen-bond acceptors (Lipinski definition) is 2. The molecule has 0 unspecified atom stereocenters. The van der Waals surface area contributed by atoms with Crippen molar-refractivity contribution in [1.82, 2.24) is 9.13 Å². The van der Waals surface area contributed by atoms with Crippen LogP contribution in [0.4, 0.5) is 10.1 Å². The summed E-state index contributed by atoms with van der Waals surface area (Å²) in [5.41, 5.74) is 1.87. The van der Waals surface area contributed by atoms with Crippen molar-refractivity contribution in [3.05, 3.63) is 64.8 Å². The lowest BCUT2D eigenvalue weighted by atomic mass is 10.2. The minimum atomic E-state index is -0.354. The number of benzene rings is 2. The third-order valence-electron chi connectivity index (χ3n) is 4.10. The van der Waals surface area contributed by atoms with Crippen LogP contribution >= 0.6 is 0 Å². The minimum absolute atomic E-state index is 0.0641. The normalized spacial score (nSPS) is 11.0. The summed E-state index contributed by atoms with van der Waals surface area (Å²) in [6.45, 7) is 2.21. The van der Waals surface area contributed by atoms with E-state index in [9.17, 15) is 14.0 Å². The third kappa shape index (κ3) is 2.71. The van der Waals surface area contributed by atoms with E-state index < -0.39 is 0 Å². The first-order chi connectivity index (χ1) is 11.5. The number of carbonyl (C=O) groups excluding carboxylic acids is 1. The molecule has 0 saturated heterocycles. The van der Waals surface area contributed by atoms with Crippen LogP contribution in [0.15, 0.2) is 53.3 Å². The molecule has 1 aromatic heterocycles. The summed E-state index contributed by atoms with van der Waals surface area (Å²) < 4.78 is 16.1.